The van der Waals surface area contributed by atoms with Crippen molar-refractivity contribution < 1.29 is 9.84 Å². The number of aromatic nitrogens is 2. The molecule has 2 heterocycles. The summed E-state index contributed by atoms with van der Waals surface area (Å²) >= 11 is 0. The number of ether oxygens (including phenoxy) is 1. The molecule has 0 radical (unpaired) electrons. The maximum Gasteiger partial charge on any atom is 0.226 e. The van der Waals surface area contributed by atoms with E-state index in [9.17, 15) is 5.11 Å². The fraction of sp³-hybridized carbons (Fsp3) is 0.600. The summed E-state index contributed by atoms with van der Waals surface area (Å²) in [4.78, 5) is 11.8. The van der Waals surface area contributed by atoms with E-state index in [1.165, 1.54) is 0 Å². The van der Waals surface area contributed by atoms with E-state index in [4.69, 9.17) is 14.7 Å². The molecule has 2 N–H and O–H groups in total. The Morgan fingerprint density at radius 2 is 2.00 bits per heavy atom. The zero-order valence-corrected chi connectivity index (χ0v) is 16.2. The topological polar surface area (TPSA) is 70.5 Å². The molecule has 6 nitrogen and oxygen atoms in total. The number of hydrogen-bond acceptors (Lipinski definition) is 6. The van der Waals surface area contributed by atoms with Gasteiger partial charge in [0.25, 0.3) is 0 Å². The van der Waals surface area contributed by atoms with Crippen LogP contribution in [0, 0.1) is 12.3 Å². The van der Waals surface area contributed by atoms with E-state index in [1.807, 2.05) is 25.1 Å². The van der Waals surface area contributed by atoms with Gasteiger partial charge in [0.15, 0.2) is 0 Å². The molecule has 0 atom stereocenters. The summed E-state index contributed by atoms with van der Waals surface area (Å²) in [6.45, 7) is 9.11. The molecule has 1 fully saturated rings. The second-order valence-electron chi connectivity index (χ2n) is 7.96. The van der Waals surface area contributed by atoms with Crippen LogP contribution in [0.15, 0.2) is 18.2 Å². The molecule has 1 saturated heterocycles. The summed E-state index contributed by atoms with van der Waals surface area (Å²) in [6.07, 6.45) is 2.12. The molecule has 26 heavy (non-hydrogen) atoms. The van der Waals surface area contributed by atoms with Crippen molar-refractivity contribution in [2.75, 3.05) is 38.3 Å². The largest absolute Gasteiger partial charge is 0.497 e. The summed E-state index contributed by atoms with van der Waals surface area (Å²) in [6, 6.07) is 6.42. The highest BCUT2D eigenvalue weighted by atomic mass is 16.5. The van der Waals surface area contributed by atoms with Crippen LogP contribution in [-0.2, 0) is 0 Å². The number of benzene rings is 1. The molecule has 0 spiro atoms. The highest BCUT2D eigenvalue weighted by Crippen LogP contribution is 2.25. The van der Waals surface area contributed by atoms with Crippen molar-refractivity contribution in [3.63, 3.8) is 0 Å². The molecule has 2 aromatic rings. The molecule has 1 aromatic carbocycles. The Labute approximate surface area is 155 Å². The number of hydrogen-bond donors (Lipinski definition) is 2. The number of aryl methyl sites for hydroxylation is 1. The molecule has 3 rings (SSSR count). The van der Waals surface area contributed by atoms with Crippen LogP contribution in [0.1, 0.15) is 32.4 Å². The molecule has 0 amide bonds. The van der Waals surface area contributed by atoms with E-state index in [2.05, 4.69) is 24.1 Å². The highest BCUT2D eigenvalue weighted by Gasteiger charge is 2.24. The van der Waals surface area contributed by atoms with Crippen LogP contribution in [0.25, 0.3) is 10.9 Å². The fourth-order valence-corrected chi connectivity index (χ4v) is 3.27. The number of aliphatic hydroxyl groups is 1. The molecule has 142 valence electrons. The maximum atomic E-state index is 9.39. The Balaban J connectivity index is 1.66. The van der Waals surface area contributed by atoms with Gasteiger partial charge in [0.05, 0.1) is 18.3 Å². The summed E-state index contributed by atoms with van der Waals surface area (Å²) in [7, 11) is 1.67. The number of methoxy groups -OCH3 is 1. The van der Waals surface area contributed by atoms with Crippen molar-refractivity contribution in [3.05, 3.63) is 23.9 Å². The van der Waals surface area contributed by atoms with Crippen molar-refractivity contribution >= 4 is 16.9 Å². The lowest BCUT2D eigenvalue weighted by molar-refractivity contribution is 0.151. The third-order valence-electron chi connectivity index (χ3n) is 5.16. The van der Waals surface area contributed by atoms with Gasteiger partial charge in [0, 0.05) is 43.1 Å². The van der Waals surface area contributed by atoms with Gasteiger partial charge in [-0.15, -0.1) is 0 Å². The Kier molecular flexibility index (Phi) is 5.63. The van der Waals surface area contributed by atoms with E-state index in [-0.39, 0.29) is 12.0 Å². The highest BCUT2D eigenvalue weighted by molar-refractivity contribution is 5.83. The van der Waals surface area contributed by atoms with Crippen LogP contribution >= 0.6 is 0 Å². The molecule has 0 aliphatic carbocycles. The van der Waals surface area contributed by atoms with Crippen LogP contribution in [0.4, 0.5) is 5.95 Å². The first-order valence-corrected chi connectivity index (χ1v) is 9.33. The van der Waals surface area contributed by atoms with Crippen LogP contribution in [0.2, 0.25) is 0 Å². The molecule has 0 saturated carbocycles. The summed E-state index contributed by atoms with van der Waals surface area (Å²) in [5.41, 5.74) is 1.86. The second kappa shape index (κ2) is 7.76. The van der Waals surface area contributed by atoms with Crippen LogP contribution < -0.4 is 15.0 Å². The first-order valence-electron chi connectivity index (χ1n) is 9.33. The molecule has 0 unspecified atom stereocenters. The first-order chi connectivity index (χ1) is 12.4. The third kappa shape index (κ3) is 4.24. The molecular formula is C20H30N4O2. The third-order valence-corrected chi connectivity index (χ3v) is 5.16. The molecule has 0 bridgehead atoms. The normalized spacial score (nSPS) is 16.3. The minimum atomic E-state index is -0.0727. The van der Waals surface area contributed by atoms with Gasteiger partial charge in [-0.25, -0.2) is 9.97 Å². The van der Waals surface area contributed by atoms with Gasteiger partial charge >= 0.3 is 0 Å². The van der Waals surface area contributed by atoms with Crippen molar-refractivity contribution in [1.29, 1.82) is 0 Å². The van der Waals surface area contributed by atoms with E-state index < -0.39 is 0 Å². The van der Waals surface area contributed by atoms with Gasteiger partial charge in [-0.05, 0) is 38.0 Å². The van der Waals surface area contributed by atoms with Crippen molar-refractivity contribution in [2.45, 2.75) is 39.7 Å². The number of aliphatic hydroxyl groups excluding tert-OH is 1. The zero-order chi connectivity index (χ0) is 18.7. The maximum absolute atomic E-state index is 9.39. The van der Waals surface area contributed by atoms with E-state index in [1.54, 1.807) is 7.11 Å². The second-order valence-corrected chi connectivity index (χ2v) is 7.96. The number of fused-ring (bicyclic) bond motifs is 1. The van der Waals surface area contributed by atoms with E-state index in [0.717, 1.165) is 60.8 Å². The number of anilines is 1. The number of rotatable bonds is 6. The average Bonchev–Trinajstić information content (AvgIpc) is 2.66. The Hall–Kier alpha value is -1.92. The Bertz CT molecular complexity index is 755. The van der Waals surface area contributed by atoms with Crippen LogP contribution in [0.5, 0.6) is 5.75 Å². The van der Waals surface area contributed by atoms with Gasteiger partial charge in [0.1, 0.15) is 5.75 Å². The monoisotopic (exact) mass is 358 g/mol. The lowest BCUT2D eigenvalue weighted by Crippen LogP contribution is -2.46. The van der Waals surface area contributed by atoms with E-state index in [0.29, 0.717) is 6.04 Å². The number of nitrogens with one attached hydrogen (secondary N) is 1. The first kappa shape index (κ1) is 18.9. The molecule has 1 aliphatic rings. The van der Waals surface area contributed by atoms with Gasteiger partial charge in [-0.2, -0.15) is 0 Å². The molecular weight excluding hydrogens is 328 g/mol. The number of piperidine rings is 1. The van der Waals surface area contributed by atoms with Gasteiger partial charge in [-0.3, -0.25) is 0 Å². The Morgan fingerprint density at radius 1 is 1.27 bits per heavy atom. The predicted molar refractivity (Wildman–Crippen MR) is 105 cm³/mol. The van der Waals surface area contributed by atoms with Crippen molar-refractivity contribution in [2.24, 2.45) is 5.41 Å². The van der Waals surface area contributed by atoms with Gasteiger partial charge in [0.2, 0.25) is 5.95 Å². The lowest BCUT2D eigenvalue weighted by Gasteiger charge is -2.34. The van der Waals surface area contributed by atoms with Crippen molar-refractivity contribution in [3.8, 4) is 5.75 Å². The van der Waals surface area contributed by atoms with E-state index >= 15 is 0 Å². The quantitative estimate of drug-likeness (QED) is 0.827. The van der Waals surface area contributed by atoms with Crippen LogP contribution in [-0.4, -0.2) is 54.5 Å². The number of nitrogens with zero attached hydrogens (tertiary/aromatic N) is 3. The standard InChI is InChI=1S/C20H30N4O2/c1-14-17-11-16(26-4)5-6-18(17)23-19(22-14)24-9-7-15(8-10-24)21-12-20(2,3)13-25/h5-6,11,15,21,25H,7-10,12-13H2,1-4H3. The molecule has 6 heteroatoms. The molecule has 1 aliphatic heterocycles. The minimum Gasteiger partial charge on any atom is -0.497 e. The average molecular weight is 358 g/mol. The predicted octanol–water partition coefficient (Wildman–Crippen LogP) is 2.52. The SMILES string of the molecule is COc1ccc2nc(N3CCC(NCC(C)(C)CO)CC3)nc(C)c2c1. The lowest BCUT2D eigenvalue weighted by atomic mass is 9.93. The summed E-state index contributed by atoms with van der Waals surface area (Å²) in [5.74, 6) is 1.64. The van der Waals surface area contributed by atoms with Gasteiger partial charge in [-0.1, -0.05) is 13.8 Å². The summed E-state index contributed by atoms with van der Waals surface area (Å²) in [5, 5.41) is 14.0. The van der Waals surface area contributed by atoms with Gasteiger partial charge < -0.3 is 20.1 Å². The Morgan fingerprint density at radius 3 is 2.65 bits per heavy atom. The minimum absolute atomic E-state index is 0.0727. The smallest absolute Gasteiger partial charge is 0.226 e. The zero-order valence-electron chi connectivity index (χ0n) is 16.2. The molecule has 1 aromatic heterocycles. The van der Waals surface area contributed by atoms with Crippen molar-refractivity contribution in [1.82, 2.24) is 15.3 Å². The summed E-state index contributed by atoms with van der Waals surface area (Å²) < 4.78 is 5.30. The van der Waals surface area contributed by atoms with Crippen LogP contribution in [0.3, 0.4) is 0 Å². The fourth-order valence-electron chi connectivity index (χ4n) is 3.27.